The number of nitrogens with one attached hydrogen (secondary N) is 2. The maximum atomic E-state index is 12.6. The van der Waals surface area contributed by atoms with Crippen LogP contribution in [0.5, 0.6) is 0 Å². The topological polar surface area (TPSA) is 136 Å². The highest BCUT2D eigenvalue weighted by molar-refractivity contribution is 7.99. The van der Waals surface area contributed by atoms with E-state index in [1.54, 1.807) is 30.1 Å². The van der Waals surface area contributed by atoms with Gasteiger partial charge in [-0.05, 0) is 71.0 Å². The Labute approximate surface area is 315 Å². The van der Waals surface area contributed by atoms with E-state index in [2.05, 4.69) is 52.0 Å². The monoisotopic (exact) mass is 730 g/mol. The third kappa shape index (κ3) is 11.2. The summed E-state index contributed by atoms with van der Waals surface area (Å²) < 4.78 is 13.1. The summed E-state index contributed by atoms with van der Waals surface area (Å²) in [5.74, 6) is 0.661. The van der Waals surface area contributed by atoms with E-state index >= 15 is 0 Å². The standard InChI is InChI=1S/C43H46N4O5S/c44-37-11-4-5-12-38(37)47-41(50)14-3-1-2-13-40(49)46-27-31-9-8-10-35(25-31)32-20-22-34(23-21-32)43-51-36(29-53-42-15-6-7-24-45-42)26-39(52-43)33-18-16-30(28-48)17-19-33/h4-12,15-25,36,39,43,48H,1-3,13-14,26-29,44H2,(H,46,49)(H,47,50)/t36-,39+,43+/m0/s1. The second-order valence-corrected chi connectivity index (χ2v) is 14.2. The zero-order valence-electron chi connectivity index (χ0n) is 29.7. The van der Waals surface area contributed by atoms with Gasteiger partial charge in [0, 0.05) is 43.3 Å². The number of hydrogen-bond donors (Lipinski definition) is 4. The van der Waals surface area contributed by atoms with Gasteiger partial charge >= 0.3 is 0 Å². The van der Waals surface area contributed by atoms with Gasteiger partial charge in [0.05, 0.1) is 35.2 Å². The maximum Gasteiger partial charge on any atom is 0.224 e. The Balaban J connectivity index is 0.996. The van der Waals surface area contributed by atoms with Crippen LogP contribution in [0.4, 0.5) is 11.4 Å². The largest absolute Gasteiger partial charge is 0.397 e. The zero-order valence-corrected chi connectivity index (χ0v) is 30.5. The molecule has 0 unspecified atom stereocenters. The van der Waals surface area contributed by atoms with E-state index in [4.69, 9.17) is 15.2 Å². The number of anilines is 2. The minimum absolute atomic E-state index is 0.00171. The Morgan fingerprint density at radius 3 is 2.28 bits per heavy atom. The fourth-order valence-electron chi connectivity index (χ4n) is 6.19. The summed E-state index contributed by atoms with van der Waals surface area (Å²) in [6.45, 7) is 0.440. The number of unbranched alkanes of at least 4 members (excludes halogenated alkanes) is 2. The molecule has 9 nitrogen and oxygen atoms in total. The molecule has 0 bridgehead atoms. The van der Waals surface area contributed by atoms with Crippen LogP contribution in [-0.2, 0) is 32.2 Å². The Morgan fingerprint density at radius 1 is 0.774 bits per heavy atom. The molecule has 3 atom stereocenters. The number of aliphatic hydroxyl groups is 1. The minimum atomic E-state index is -0.540. The predicted molar refractivity (Wildman–Crippen MR) is 210 cm³/mol. The van der Waals surface area contributed by atoms with Crippen molar-refractivity contribution in [1.29, 1.82) is 0 Å². The van der Waals surface area contributed by atoms with E-state index in [9.17, 15) is 14.7 Å². The average molecular weight is 731 g/mol. The van der Waals surface area contributed by atoms with Gasteiger partial charge in [-0.25, -0.2) is 4.98 Å². The van der Waals surface area contributed by atoms with Crippen molar-refractivity contribution in [3.05, 3.63) is 144 Å². The molecule has 53 heavy (non-hydrogen) atoms. The summed E-state index contributed by atoms with van der Waals surface area (Å²) >= 11 is 1.67. The van der Waals surface area contributed by atoms with Crippen LogP contribution < -0.4 is 16.4 Å². The summed E-state index contributed by atoms with van der Waals surface area (Å²) in [7, 11) is 0. The Bertz CT molecular complexity index is 1920. The van der Waals surface area contributed by atoms with Crippen molar-refractivity contribution < 1.29 is 24.2 Å². The molecule has 274 valence electrons. The number of hydrogen-bond acceptors (Lipinski definition) is 8. The van der Waals surface area contributed by atoms with Crippen molar-refractivity contribution in [2.45, 2.75) is 75.2 Å². The van der Waals surface area contributed by atoms with E-state index < -0.39 is 6.29 Å². The predicted octanol–water partition coefficient (Wildman–Crippen LogP) is 8.37. The number of carbonyl (C=O) groups is 2. The SMILES string of the molecule is Nc1ccccc1NC(=O)CCCCCC(=O)NCc1cccc(-c2ccc([C@@H]3O[C@H](CSc4ccccn4)C[C@H](c4ccc(CO)cc4)O3)cc2)c1. The summed E-state index contributed by atoms with van der Waals surface area (Å²) in [6.07, 6.45) is 4.77. The van der Waals surface area contributed by atoms with Gasteiger partial charge in [-0.15, -0.1) is 11.8 Å². The molecule has 5 aromatic rings. The van der Waals surface area contributed by atoms with Crippen LogP contribution in [0.1, 0.15) is 73.2 Å². The number of nitrogen functional groups attached to an aromatic ring is 1. The number of para-hydroxylation sites is 2. The van der Waals surface area contributed by atoms with Crippen molar-refractivity contribution in [3.8, 4) is 11.1 Å². The molecule has 2 heterocycles. The molecule has 1 aromatic heterocycles. The van der Waals surface area contributed by atoms with Crippen LogP contribution in [0.25, 0.3) is 11.1 Å². The lowest BCUT2D eigenvalue weighted by atomic mass is 9.99. The first-order chi connectivity index (χ1) is 25.9. The molecule has 1 aliphatic heterocycles. The fourth-order valence-corrected chi connectivity index (χ4v) is 7.07. The van der Waals surface area contributed by atoms with Gasteiger partial charge in [0.1, 0.15) is 0 Å². The number of ether oxygens (including phenoxy) is 2. The van der Waals surface area contributed by atoms with Gasteiger partial charge in [-0.3, -0.25) is 9.59 Å². The van der Waals surface area contributed by atoms with Gasteiger partial charge in [-0.2, -0.15) is 0 Å². The van der Waals surface area contributed by atoms with Crippen LogP contribution in [0.2, 0.25) is 0 Å². The Hall–Kier alpha value is -5.00. The maximum absolute atomic E-state index is 12.6. The molecule has 10 heteroatoms. The number of amides is 2. The van der Waals surface area contributed by atoms with Gasteiger partial charge in [0.25, 0.3) is 0 Å². The zero-order chi connectivity index (χ0) is 36.8. The molecule has 4 aromatic carbocycles. The van der Waals surface area contributed by atoms with Crippen LogP contribution in [0, 0.1) is 0 Å². The molecule has 1 fully saturated rings. The Morgan fingerprint density at radius 2 is 1.53 bits per heavy atom. The van der Waals surface area contributed by atoms with Crippen molar-refractivity contribution in [1.82, 2.24) is 10.3 Å². The van der Waals surface area contributed by atoms with Crippen molar-refractivity contribution in [3.63, 3.8) is 0 Å². The van der Waals surface area contributed by atoms with Crippen LogP contribution in [-0.4, -0.2) is 33.8 Å². The van der Waals surface area contributed by atoms with Crippen molar-refractivity contribution in [2.24, 2.45) is 0 Å². The molecule has 2 amide bonds. The minimum Gasteiger partial charge on any atom is -0.397 e. The number of pyridine rings is 1. The second kappa shape index (κ2) is 19.2. The van der Waals surface area contributed by atoms with E-state index in [1.807, 2.05) is 66.7 Å². The number of aliphatic hydroxyl groups excluding tert-OH is 1. The molecule has 0 aliphatic carbocycles. The highest BCUT2D eigenvalue weighted by Gasteiger charge is 2.32. The highest BCUT2D eigenvalue weighted by Crippen LogP contribution is 2.39. The van der Waals surface area contributed by atoms with E-state index in [0.717, 1.165) is 50.6 Å². The first kappa shape index (κ1) is 37.7. The number of rotatable bonds is 16. The number of nitrogens with zero attached hydrogens (tertiary/aromatic N) is 1. The van der Waals surface area contributed by atoms with Crippen molar-refractivity contribution >= 4 is 35.0 Å². The molecule has 1 saturated heterocycles. The highest BCUT2D eigenvalue weighted by atomic mass is 32.2. The number of benzene rings is 4. The lowest BCUT2D eigenvalue weighted by Gasteiger charge is -2.36. The Kier molecular flexibility index (Phi) is 13.7. The summed E-state index contributed by atoms with van der Waals surface area (Å²) in [4.78, 5) is 29.3. The van der Waals surface area contributed by atoms with E-state index in [1.165, 1.54) is 0 Å². The van der Waals surface area contributed by atoms with Gasteiger partial charge in [0.15, 0.2) is 6.29 Å². The fraction of sp³-hybridized carbons (Fsp3) is 0.279. The van der Waals surface area contributed by atoms with Gasteiger partial charge in [0.2, 0.25) is 11.8 Å². The van der Waals surface area contributed by atoms with Gasteiger partial charge < -0.3 is 30.9 Å². The summed E-state index contributed by atoms with van der Waals surface area (Å²) in [5.41, 5.74) is 13.0. The average Bonchev–Trinajstić information content (AvgIpc) is 3.20. The molecule has 0 spiro atoms. The lowest BCUT2D eigenvalue weighted by Crippen LogP contribution is -2.31. The number of aromatic nitrogens is 1. The molecule has 0 saturated carbocycles. The molecule has 5 N–H and O–H groups in total. The van der Waals surface area contributed by atoms with Gasteiger partial charge in [-0.1, -0.05) is 91.3 Å². The second-order valence-electron chi connectivity index (χ2n) is 13.1. The van der Waals surface area contributed by atoms with E-state index in [-0.39, 0.29) is 30.6 Å². The lowest BCUT2D eigenvalue weighted by molar-refractivity contribution is -0.245. The first-order valence-electron chi connectivity index (χ1n) is 18.1. The summed E-state index contributed by atoms with van der Waals surface area (Å²) in [5, 5.41) is 16.4. The van der Waals surface area contributed by atoms with E-state index in [0.29, 0.717) is 50.0 Å². The number of thioether (sulfide) groups is 1. The number of carbonyl (C=O) groups excluding carboxylic acids is 2. The molecular weight excluding hydrogens is 685 g/mol. The quantitative estimate of drug-likeness (QED) is 0.0452. The molecular formula is C43H46N4O5S. The summed E-state index contributed by atoms with van der Waals surface area (Å²) in [6, 6.07) is 37.4. The van der Waals surface area contributed by atoms with Crippen LogP contribution in [0.3, 0.4) is 0 Å². The van der Waals surface area contributed by atoms with Crippen molar-refractivity contribution in [2.75, 3.05) is 16.8 Å². The smallest absolute Gasteiger partial charge is 0.224 e. The first-order valence-corrected chi connectivity index (χ1v) is 19.1. The van der Waals surface area contributed by atoms with Crippen LogP contribution in [0.15, 0.2) is 126 Å². The number of nitrogens with two attached hydrogens (primary N) is 1. The third-order valence-electron chi connectivity index (χ3n) is 9.15. The molecule has 1 aliphatic rings. The third-order valence-corrected chi connectivity index (χ3v) is 10.2. The molecule has 0 radical (unpaired) electrons. The van der Waals surface area contributed by atoms with Crippen LogP contribution >= 0.6 is 11.8 Å². The molecule has 6 rings (SSSR count). The normalized spacial score (nSPS) is 16.9.